The first-order valence-electron chi connectivity index (χ1n) is 5.19. The van der Waals surface area contributed by atoms with E-state index in [0.29, 0.717) is 6.04 Å². The minimum atomic E-state index is 0.267. The summed E-state index contributed by atoms with van der Waals surface area (Å²) in [5.74, 6) is 0.791. The van der Waals surface area contributed by atoms with Crippen molar-refractivity contribution in [3.05, 3.63) is 0 Å². The van der Waals surface area contributed by atoms with Crippen molar-refractivity contribution in [1.29, 1.82) is 0 Å². The Bertz CT molecular complexity index is 116. The number of hydrogen-bond donors (Lipinski definition) is 2. The summed E-state index contributed by atoms with van der Waals surface area (Å²) in [5.41, 5.74) is 0. The maximum Gasteiger partial charge on any atom is 0.0556 e. The fourth-order valence-corrected chi connectivity index (χ4v) is 2.05. The molecule has 0 saturated heterocycles. The van der Waals surface area contributed by atoms with E-state index in [0.717, 1.165) is 12.5 Å². The zero-order valence-corrected chi connectivity index (χ0v) is 8.05. The largest absolute Gasteiger partial charge is 0.395 e. The zero-order valence-electron chi connectivity index (χ0n) is 8.05. The van der Waals surface area contributed by atoms with Crippen LogP contribution in [0.2, 0.25) is 0 Å². The van der Waals surface area contributed by atoms with Crippen LogP contribution in [-0.4, -0.2) is 24.3 Å². The van der Waals surface area contributed by atoms with Gasteiger partial charge in [0.25, 0.3) is 0 Å². The molecular weight excluding hydrogens is 150 g/mol. The van der Waals surface area contributed by atoms with E-state index in [-0.39, 0.29) is 6.61 Å². The van der Waals surface area contributed by atoms with Crippen molar-refractivity contribution in [3.63, 3.8) is 0 Å². The highest BCUT2D eigenvalue weighted by Gasteiger charge is 2.18. The summed E-state index contributed by atoms with van der Waals surface area (Å²) in [7, 11) is 0. The van der Waals surface area contributed by atoms with Gasteiger partial charge in [0.05, 0.1) is 6.61 Å². The van der Waals surface area contributed by atoms with Crippen LogP contribution in [0.3, 0.4) is 0 Å². The Morgan fingerprint density at radius 1 is 1.25 bits per heavy atom. The third-order valence-electron chi connectivity index (χ3n) is 2.88. The molecule has 0 spiro atoms. The highest BCUT2D eigenvalue weighted by molar-refractivity contribution is 4.76. The molecule has 1 aliphatic carbocycles. The van der Waals surface area contributed by atoms with Crippen LogP contribution in [0.4, 0.5) is 0 Å². The summed E-state index contributed by atoms with van der Waals surface area (Å²) in [5, 5.41) is 12.1. The van der Waals surface area contributed by atoms with Crippen LogP contribution in [0.1, 0.15) is 39.0 Å². The standard InChI is InChI=1S/C10H21NO/c1-9-5-3-2-4-6-10(9)11-7-8-12/h9-12H,2-8H2,1H3. The molecule has 0 radical (unpaired) electrons. The summed E-state index contributed by atoms with van der Waals surface area (Å²) in [4.78, 5) is 0. The number of hydrogen-bond acceptors (Lipinski definition) is 2. The molecule has 0 aliphatic heterocycles. The first-order chi connectivity index (χ1) is 5.84. The maximum atomic E-state index is 8.69. The maximum absolute atomic E-state index is 8.69. The number of nitrogens with one attached hydrogen (secondary N) is 1. The first-order valence-corrected chi connectivity index (χ1v) is 5.19. The predicted molar refractivity (Wildman–Crippen MR) is 51.1 cm³/mol. The van der Waals surface area contributed by atoms with Gasteiger partial charge in [-0.05, 0) is 18.8 Å². The van der Waals surface area contributed by atoms with E-state index in [1.165, 1.54) is 32.1 Å². The number of rotatable bonds is 3. The Balaban J connectivity index is 2.26. The van der Waals surface area contributed by atoms with Gasteiger partial charge in [0.15, 0.2) is 0 Å². The van der Waals surface area contributed by atoms with Gasteiger partial charge in [-0.15, -0.1) is 0 Å². The molecule has 0 aromatic heterocycles. The second-order valence-electron chi connectivity index (χ2n) is 3.90. The summed E-state index contributed by atoms with van der Waals surface area (Å²) in [6.07, 6.45) is 6.78. The van der Waals surface area contributed by atoms with Gasteiger partial charge < -0.3 is 10.4 Å². The highest BCUT2D eigenvalue weighted by atomic mass is 16.3. The summed E-state index contributed by atoms with van der Waals surface area (Å²) >= 11 is 0. The van der Waals surface area contributed by atoms with Gasteiger partial charge in [-0.2, -0.15) is 0 Å². The topological polar surface area (TPSA) is 32.3 Å². The highest BCUT2D eigenvalue weighted by Crippen LogP contribution is 2.22. The second-order valence-corrected chi connectivity index (χ2v) is 3.90. The fourth-order valence-electron chi connectivity index (χ4n) is 2.05. The van der Waals surface area contributed by atoms with E-state index in [1.807, 2.05) is 0 Å². The number of aliphatic hydroxyl groups excluding tert-OH is 1. The van der Waals surface area contributed by atoms with Crippen LogP contribution >= 0.6 is 0 Å². The summed E-state index contributed by atoms with van der Waals surface area (Å²) in [6.45, 7) is 3.35. The van der Waals surface area contributed by atoms with Crippen LogP contribution in [0.25, 0.3) is 0 Å². The molecule has 0 amide bonds. The third-order valence-corrected chi connectivity index (χ3v) is 2.88. The van der Waals surface area contributed by atoms with Gasteiger partial charge in [0.1, 0.15) is 0 Å². The average Bonchev–Trinajstić information content (AvgIpc) is 2.27. The van der Waals surface area contributed by atoms with Gasteiger partial charge in [-0.3, -0.25) is 0 Å². The Morgan fingerprint density at radius 2 is 2.00 bits per heavy atom. The van der Waals surface area contributed by atoms with Gasteiger partial charge in [0.2, 0.25) is 0 Å². The van der Waals surface area contributed by atoms with E-state index in [1.54, 1.807) is 0 Å². The van der Waals surface area contributed by atoms with Crippen molar-refractivity contribution in [2.75, 3.05) is 13.2 Å². The van der Waals surface area contributed by atoms with Crippen molar-refractivity contribution in [2.24, 2.45) is 5.92 Å². The molecule has 2 atom stereocenters. The molecular formula is C10H21NO. The van der Waals surface area contributed by atoms with Gasteiger partial charge >= 0.3 is 0 Å². The molecule has 1 aliphatic rings. The van der Waals surface area contributed by atoms with E-state index in [2.05, 4.69) is 12.2 Å². The van der Waals surface area contributed by atoms with Crippen LogP contribution in [-0.2, 0) is 0 Å². The lowest BCUT2D eigenvalue weighted by Crippen LogP contribution is -2.36. The summed E-state index contributed by atoms with van der Waals surface area (Å²) < 4.78 is 0. The second kappa shape index (κ2) is 5.55. The molecule has 12 heavy (non-hydrogen) atoms. The van der Waals surface area contributed by atoms with Crippen LogP contribution in [0.15, 0.2) is 0 Å². The Morgan fingerprint density at radius 3 is 2.75 bits per heavy atom. The molecule has 2 nitrogen and oxygen atoms in total. The molecule has 0 heterocycles. The Labute approximate surface area is 75.4 Å². The van der Waals surface area contributed by atoms with E-state index >= 15 is 0 Å². The van der Waals surface area contributed by atoms with E-state index < -0.39 is 0 Å². The zero-order chi connectivity index (χ0) is 8.81. The SMILES string of the molecule is CC1CCCCCC1NCCO. The minimum absolute atomic E-state index is 0.267. The molecule has 2 unspecified atom stereocenters. The van der Waals surface area contributed by atoms with Crippen LogP contribution in [0.5, 0.6) is 0 Å². The van der Waals surface area contributed by atoms with Crippen molar-refractivity contribution in [1.82, 2.24) is 5.32 Å². The lowest BCUT2D eigenvalue weighted by Gasteiger charge is -2.22. The van der Waals surface area contributed by atoms with E-state index in [4.69, 9.17) is 5.11 Å². The smallest absolute Gasteiger partial charge is 0.0556 e. The predicted octanol–water partition coefficient (Wildman–Crippen LogP) is 1.54. The van der Waals surface area contributed by atoms with Crippen LogP contribution in [0, 0.1) is 5.92 Å². The lowest BCUT2D eigenvalue weighted by atomic mass is 9.97. The quantitative estimate of drug-likeness (QED) is 0.631. The summed E-state index contributed by atoms with van der Waals surface area (Å²) in [6, 6.07) is 0.652. The monoisotopic (exact) mass is 171 g/mol. The van der Waals surface area contributed by atoms with Crippen molar-refractivity contribution >= 4 is 0 Å². The molecule has 1 rings (SSSR count). The van der Waals surface area contributed by atoms with Gasteiger partial charge in [0, 0.05) is 12.6 Å². The molecule has 0 aromatic carbocycles. The molecule has 2 heteroatoms. The number of aliphatic hydroxyl groups is 1. The lowest BCUT2D eigenvalue weighted by molar-refractivity contribution is 0.266. The van der Waals surface area contributed by atoms with Gasteiger partial charge in [-0.25, -0.2) is 0 Å². The molecule has 1 saturated carbocycles. The van der Waals surface area contributed by atoms with Crippen LogP contribution < -0.4 is 5.32 Å². The van der Waals surface area contributed by atoms with Crippen molar-refractivity contribution in [2.45, 2.75) is 45.1 Å². The molecule has 1 fully saturated rings. The molecule has 72 valence electrons. The van der Waals surface area contributed by atoms with Gasteiger partial charge in [-0.1, -0.05) is 26.2 Å². The average molecular weight is 171 g/mol. The molecule has 0 bridgehead atoms. The fraction of sp³-hybridized carbons (Fsp3) is 1.00. The first kappa shape index (κ1) is 10.0. The normalized spacial score (nSPS) is 31.5. The van der Waals surface area contributed by atoms with E-state index in [9.17, 15) is 0 Å². The molecule has 0 aromatic rings. The van der Waals surface area contributed by atoms with Crippen molar-refractivity contribution < 1.29 is 5.11 Å². The Kier molecular flexibility index (Phi) is 4.62. The Hall–Kier alpha value is -0.0800. The third kappa shape index (κ3) is 3.11. The van der Waals surface area contributed by atoms with Crippen molar-refractivity contribution in [3.8, 4) is 0 Å². The minimum Gasteiger partial charge on any atom is -0.395 e. The molecule has 2 N–H and O–H groups in total.